The Morgan fingerprint density at radius 3 is 2.62 bits per heavy atom. The lowest BCUT2D eigenvalue weighted by Crippen LogP contribution is -2.56. The first-order valence-electron chi connectivity index (χ1n) is 12.5. The van der Waals surface area contributed by atoms with E-state index in [0.29, 0.717) is 55.1 Å². The second-order valence-corrected chi connectivity index (χ2v) is 11.0. The molecular weight excluding hydrogens is 456 g/mol. The van der Waals surface area contributed by atoms with Gasteiger partial charge in [-0.05, 0) is 38.5 Å². The predicted octanol–water partition coefficient (Wildman–Crippen LogP) is 2.71. The van der Waals surface area contributed by atoms with Crippen LogP contribution in [0, 0.1) is 5.41 Å². The molecule has 0 aromatic carbocycles. The standard InChI is InChI=1S/C25H31ClN4O4/c26-22-17-10-30(15-11-34-12-15)13-24(8-9-33-14-24)21(17)28-23(29-22)19(32)16-4-3-7-25(20(16)27)6-2-1-5-18(25)31/h15H,1-14,27H2/t24-,25+/m0/s1. The van der Waals surface area contributed by atoms with E-state index in [1.165, 1.54) is 0 Å². The Labute approximate surface area is 204 Å². The van der Waals surface area contributed by atoms with Crippen LogP contribution in [0.15, 0.2) is 11.3 Å². The van der Waals surface area contributed by atoms with Crippen LogP contribution in [0.25, 0.3) is 0 Å². The number of nitrogens with zero attached hydrogens (tertiary/aromatic N) is 3. The fourth-order valence-corrected chi connectivity index (χ4v) is 6.84. The second-order valence-electron chi connectivity index (χ2n) is 10.6. The van der Waals surface area contributed by atoms with E-state index >= 15 is 0 Å². The van der Waals surface area contributed by atoms with Crippen LogP contribution in [0.3, 0.4) is 0 Å². The van der Waals surface area contributed by atoms with Gasteiger partial charge in [0.1, 0.15) is 10.9 Å². The van der Waals surface area contributed by atoms with Crippen molar-refractivity contribution < 1.29 is 19.1 Å². The summed E-state index contributed by atoms with van der Waals surface area (Å²) >= 11 is 6.72. The van der Waals surface area contributed by atoms with Gasteiger partial charge in [0, 0.05) is 43.0 Å². The lowest BCUT2D eigenvalue weighted by molar-refractivity contribution is -0.129. The summed E-state index contributed by atoms with van der Waals surface area (Å²) in [5.74, 6) is -0.0231. The van der Waals surface area contributed by atoms with Crippen LogP contribution in [0.4, 0.5) is 0 Å². The number of fused-ring (bicyclic) bond motifs is 2. The zero-order valence-electron chi connectivity index (χ0n) is 19.4. The third kappa shape index (κ3) is 3.37. The third-order valence-corrected chi connectivity index (χ3v) is 9.02. The molecule has 0 bridgehead atoms. The van der Waals surface area contributed by atoms with Gasteiger partial charge in [0.2, 0.25) is 11.6 Å². The maximum atomic E-state index is 13.7. The minimum Gasteiger partial charge on any atom is -0.401 e. The number of halogens is 1. The molecule has 4 heterocycles. The summed E-state index contributed by atoms with van der Waals surface area (Å²) in [5, 5.41) is 0.322. The molecule has 5 aliphatic rings. The van der Waals surface area contributed by atoms with Gasteiger partial charge < -0.3 is 15.2 Å². The molecule has 1 aromatic rings. The number of nitrogens with two attached hydrogens (primary N) is 1. The van der Waals surface area contributed by atoms with E-state index in [1.54, 1.807) is 0 Å². The van der Waals surface area contributed by atoms with E-state index < -0.39 is 5.41 Å². The topological polar surface area (TPSA) is 108 Å². The highest BCUT2D eigenvalue weighted by Gasteiger charge is 2.49. The number of hydrogen-bond donors (Lipinski definition) is 1. The Morgan fingerprint density at radius 1 is 1.09 bits per heavy atom. The molecule has 34 heavy (non-hydrogen) atoms. The number of ketones is 2. The van der Waals surface area contributed by atoms with Crippen LogP contribution < -0.4 is 5.73 Å². The molecule has 0 amide bonds. The molecule has 2 atom stereocenters. The third-order valence-electron chi connectivity index (χ3n) is 8.71. The molecule has 3 aliphatic heterocycles. The molecule has 2 N–H and O–H groups in total. The van der Waals surface area contributed by atoms with Crippen molar-refractivity contribution >= 4 is 23.2 Å². The van der Waals surface area contributed by atoms with Gasteiger partial charge in [0.05, 0.1) is 42.4 Å². The predicted molar refractivity (Wildman–Crippen MR) is 124 cm³/mol. The van der Waals surface area contributed by atoms with Crippen LogP contribution in [-0.4, -0.2) is 65.4 Å². The van der Waals surface area contributed by atoms with Crippen LogP contribution in [-0.2, 0) is 26.2 Å². The van der Waals surface area contributed by atoms with E-state index in [-0.39, 0.29) is 22.8 Å². The van der Waals surface area contributed by atoms with E-state index in [0.717, 1.165) is 69.5 Å². The van der Waals surface area contributed by atoms with Gasteiger partial charge >= 0.3 is 0 Å². The Balaban J connectivity index is 1.39. The number of Topliss-reactive ketones (excluding diaryl/α,β-unsaturated/α-hetero) is 2. The zero-order chi connectivity index (χ0) is 23.5. The minimum atomic E-state index is -0.689. The number of carbonyl (C=O) groups is 2. The number of carbonyl (C=O) groups excluding carboxylic acids is 2. The van der Waals surface area contributed by atoms with E-state index in [1.807, 2.05) is 0 Å². The first-order chi connectivity index (χ1) is 16.4. The summed E-state index contributed by atoms with van der Waals surface area (Å²) < 4.78 is 11.2. The Kier molecular flexibility index (Phi) is 5.56. The summed E-state index contributed by atoms with van der Waals surface area (Å²) in [4.78, 5) is 38.3. The quantitative estimate of drug-likeness (QED) is 0.513. The van der Waals surface area contributed by atoms with Gasteiger partial charge in [-0.1, -0.05) is 18.0 Å². The van der Waals surface area contributed by atoms with E-state index in [4.69, 9.17) is 31.8 Å². The first-order valence-corrected chi connectivity index (χ1v) is 12.8. The normalized spacial score (nSPS) is 32.3. The largest absolute Gasteiger partial charge is 0.401 e. The Morgan fingerprint density at radius 2 is 1.91 bits per heavy atom. The minimum absolute atomic E-state index is 0.0914. The van der Waals surface area contributed by atoms with Crippen molar-refractivity contribution in [3.63, 3.8) is 0 Å². The number of hydrogen-bond acceptors (Lipinski definition) is 8. The molecule has 9 heteroatoms. The number of ether oxygens (including phenoxy) is 2. The van der Waals surface area contributed by atoms with Gasteiger partial charge in [-0.3, -0.25) is 14.5 Å². The lowest BCUT2D eigenvalue weighted by atomic mass is 9.64. The molecule has 2 spiro atoms. The van der Waals surface area contributed by atoms with Gasteiger partial charge in [-0.25, -0.2) is 9.97 Å². The SMILES string of the molecule is NC1=C(C(=O)c2nc(Cl)c3c(n2)[C@@]2(CCOC2)CN(C2COC2)C3)CCC[C@@]12CCCCC2=O. The van der Waals surface area contributed by atoms with Gasteiger partial charge in [-0.15, -0.1) is 0 Å². The number of allylic oxidation sites excluding steroid dienone is 2. The number of rotatable bonds is 3. The van der Waals surface area contributed by atoms with Crippen LogP contribution in [0.5, 0.6) is 0 Å². The molecular formula is C25H31ClN4O4. The maximum absolute atomic E-state index is 13.7. The molecule has 3 fully saturated rings. The fourth-order valence-electron chi connectivity index (χ4n) is 6.61. The van der Waals surface area contributed by atoms with Crippen molar-refractivity contribution in [3.8, 4) is 0 Å². The second kappa shape index (κ2) is 8.36. The van der Waals surface area contributed by atoms with Crippen molar-refractivity contribution in [3.05, 3.63) is 33.5 Å². The smallest absolute Gasteiger partial charge is 0.228 e. The molecule has 6 rings (SSSR count). The molecule has 0 unspecified atom stereocenters. The van der Waals surface area contributed by atoms with Crippen LogP contribution >= 0.6 is 11.6 Å². The summed E-state index contributed by atoms with van der Waals surface area (Å²) in [6.07, 6.45) is 5.98. The summed E-state index contributed by atoms with van der Waals surface area (Å²) in [6.45, 7) is 4.08. The van der Waals surface area contributed by atoms with Crippen molar-refractivity contribution in [2.24, 2.45) is 11.1 Å². The summed E-state index contributed by atoms with van der Waals surface area (Å²) in [7, 11) is 0. The van der Waals surface area contributed by atoms with Crippen LogP contribution in [0.1, 0.15) is 73.2 Å². The highest BCUT2D eigenvalue weighted by molar-refractivity contribution is 6.30. The van der Waals surface area contributed by atoms with Crippen molar-refractivity contribution in [2.45, 2.75) is 69.4 Å². The summed E-state index contributed by atoms with van der Waals surface area (Å²) in [5.41, 5.74) is 8.26. The number of aromatic nitrogens is 2. The van der Waals surface area contributed by atoms with Crippen molar-refractivity contribution in [1.82, 2.24) is 14.9 Å². The molecule has 8 nitrogen and oxygen atoms in total. The molecule has 2 saturated heterocycles. The van der Waals surface area contributed by atoms with Crippen molar-refractivity contribution in [2.75, 3.05) is 33.0 Å². The highest BCUT2D eigenvalue weighted by atomic mass is 35.5. The first kappa shape index (κ1) is 22.6. The Bertz CT molecular complexity index is 1080. The molecule has 1 saturated carbocycles. The maximum Gasteiger partial charge on any atom is 0.228 e. The van der Waals surface area contributed by atoms with Crippen LogP contribution in [0.2, 0.25) is 5.15 Å². The monoisotopic (exact) mass is 486 g/mol. The lowest BCUT2D eigenvalue weighted by Gasteiger charge is -2.46. The average Bonchev–Trinajstić information content (AvgIpc) is 3.25. The highest BCUT2D eigenvalue weighted by Crippen LogP contribution is 2.47. The average molecular weight is 487 g/mol. The fraction of sp³-hybridized carbons (Fsp3) is 0.680. The Hall–Kier alpha value is -1.87. The van der Waals surface area contributed by atoms with E-state index in [9.17, 15) is 9.59 Å². The molecule has 0 radical (unpaired) electrons. The summed E-state index contributed by atoms with van der Waals surface area (Å²) in [6, 6.07) is 0.361. The zero-order valence-corrected chi connectivity index (χ0v) is 20.2. The van der Waals surface area contributed by atoms with Crippen molar-refractivity contribution in [1.29, 1.82) is 0 Å². The molecule has 1 aromatic heterocycles. The van der Waals surface area contributed by atoms with Gasteiger partial charge in [0.15, 0.2) is 0 Å². The molecule has 2 aliphatic carbocycles. The van der Waals surface area contributed by atoms with Gasteiger partial charge in [-0.2, -0.15) is 0 Å². The van der Waals surface area contributed by atoms with Gasteiger partial charge in [0.25, 0.3) is 0 Å². The van der Waals surface area contributed by atoms with E-state index in [2.05, 4.69) is 9.88 Å². The molecule has 182 valence electrons.